The fraction of sp³-hybridized carbons (Fsp3) is 0.286. The largest absolute Gasteiger partial charge is 0.330 e. The van der Waals surface area contributed by atoms with E-state index in [1.54, 1.807) is 11.3 Å². The molecule has 0 bridgehead atoms. The van der Waals surface area contributed by atoms with Crippen LogP contribution in [0, 0.1) is 6.92 Å². The third-order valence-electron chi connectivity index (χ3n) is 2.99. The van der Waals surface area contributed by atoms with Crippen LogP contribution >= 0.6 is 27.3 Å². The number of rotatable bonds is 4. The number of benzene rings is 1. The van der Waals surface area contributed by atoms with Crippen LogP contribution in [0.4, 0.5) is 0 Å². The van der Waals surface area contributed by atoms with Gasteiger partial charge in [0.1, 0.15) is 0 Å². The van der Waals surface area contributed by atoms with Crippen molar-refractivity contribution in [2.45, 2.75) is 19.3 Å². The number of halogens is 1. The van der Waals surface area contributed by atoms with Crippen LogP contribution in [0.5, 0.6) is 0 Å². The van der Waals surface area contributed by atoms with E-state index in [0.29, 0.717) is 12.5 Å². The van der Waals surface area contributed by atoms with Crippen molar-refractivity contribution in [2.24, 2.45) is 5.73 Å². The highest BCUT2D eigenvalue weighted by Gasteiger charge is 2.13. The van der Waals surface area contributed by atoms with Crippen molar-refractivity contribution in [3.8, 4) is 0 Å². The first-order valence-electron chi connectivity index (χ1n) is 5.70. The Labute approximate surface area is 115 Å². The molecule has 2 aromatic rings. The maximum atomic E-state index is 5.92. The standard InChI is InChI=1S/C14H16BrNS/c1-10-4-2-3-5-13(10)11(9-16)8-12-6-7-14(15)17-12/h2-7,11H,8-9,16H2,1H3. The Hall–Kier alpha value is -0.640. The summed E-state index contributed by atoms with van der Waals surface area (Å²) >= 11 is 5.30. The number of nitrogens with two attached hydrogens (primary N) is 1. The number of hydrogen-bond donors (Lipinski definition) is 1. The number of thiophene rings is 1. The molecule has 1 aromatic carbocycles. The van der Waals surface area contributed by atoms with Gasteiger partial charge in [-0.2, -0.15) is 0 Å². The first-order chi connectivity index (χ1) is 8.20. The average molecular weight is 310 g/mol. The average Bonchev–Trinajstić information content (AvgIpc) is 2.73. The molecule has 17 heavy (non-hydrogen) atoms. The van der Waals surface area contributed by atoms with Crippen LogP contribution in [0.2, 0.25) is 0 Å². The summed E-state index contributed by atoms with van der Waals surface area (Å²) in [5.74, 6) is 0.418. The summed E-state index contributed by atoms with van der Waals surface area (Å²) in [5.41, 5.74) is 8.63. The number of aryl methyl sites for hydroxylation is 1. The minimum atomic E-state index is 0.418. The highest BCUT2D eigenvalue weighted by Crippen LogP contribution is 2.28. The maximum absolute atomic E-state index is 5.92. The summed E-state index contributed by atoms with van der Waals surface area (Å²) in [7, 11) is 0. The molecule has 2 N–H and O–H groups in total. The van der Waals surface area contributed by atoms with Gasteiger partial charge in [-0.05, 0) is 59.1 Å². The lowest BCUT2D eigenvalue weighted by Crippen LogP contribution is -2.15. The lowest BCUT2D eigenvalue weighted by Gasteiger charge is -2.16. The summed E-state index contributed by atoms with van der Waals surface area (Å²) in [4.78, 5) is 1.38. The molecule has 1 unspecified atom stereocenters. The molecule has 0 saturated carbocycles. The van der Waals surface area contributed by atoms with E-state index in [4.69, 9.17) is 5.73 Å². The Morgan fingerprint density at radius 2 is 2.00 bits per heavy atom. The molecule has 3 heteroatoms. The molecule has 0 amide bonds. The quantitative estimate of drug-likeness (QED) is 0.904. The first-order valence-corrected chi connectivity index (χ1v) is 7.31. The molecule has 90 valence electrons. The van der Waals surface area contributed by atoms with Crippen molar-refractivity contribution in [1.29, 1.82) is 0 Å². The normalized spacial score (nSPS) is 12.6. The van der Waals surface area contributed by atoms with Gasteiger partial charge in [-0.3, -0.25) is 0 Å². The van der Waals surface area contributed by atoms with E-state index in [1.807, 2.05) is 0 Å². The van der Waals surface area contributed by atoms with Crippen molar-refractivity contribution in [3.63, 3.8) is 0 Å². The van der Waals surface area contributed by atoms with Gasteiger partial charge in [0.15, 0.2) is 0 Å². The van der Waals surface area contributed by atoms with Crippen LogP contribution in [0.15, 0.2) is 40.2 Å². The van der Waals surface area contributed by atoms with Crippen LogP contribution in [-0.4, -0.2) is 6.54 Å². The fourth-order valence-electron chi connectivity index (χ4n) is 2.07. The molecule has 0 aliphatic rings. The Morgan fingerprint density at radius 3 is 2.59 bits per heavy atom. The van der Waals surface area contributed by atoms with E-state index in [0.717, 1.165) is 6.42 Å². The van der Waals surface area contributed by atoms with Gasteiger partial charge in [0.2, 0.25) is 0 Å². The molecule has 0 spiro atoms. The maximum Gasteiger partial charge on any atom is 0.0701 e. The third kappa shape index (κ3) is 3.18. The molecule has 0 aliphatic heterocycles. The van der Waals surface area contributed by atoms with E-state index in [1.165, 1.54) is 19.8 Å². The Bertz CT molecular complexity index is 492. The van der Waals surface area contributed by atoms with Crippen LogP contribution in [0.25, 0.3) is 0 Å². The van der Waals surface area contributed by atoms with Crippen molar-refractivity contribution in [2.75, 3.05) is 6.54 Å². The Kier molecular flexibility index (Phi) is 4.37. The zero-order valence-electron chi connectivity index (χ0n) is 9.82. The molecule has 0 radical (unpaired) electrons. The summed E-state index contributed by atoms with van der Waals surface area (Å²) in [6.45, 7) is 2.85. The van der Waals surface area contributed by atoms with Crippen LogP contribution < -0.4 is 5.73 Å². The SMILES string of the molecule is Cc1ccccc1C(CN)Cc1ccc(Br)s1. The van der Waals surface area contributed by atoms with Crippen molar-refractivity contribution in [1.82, 2.24) is 0 Å². The minimum Gasteiger partial charge on any atom is -0.330 e. The monoisotopic (exact) mass is 309 g/mol. The van der Waals surface area contributed by atoms with Crippen LogP contribution in [0.3, 0.4) is 0 Å². The topological polar surface area (TPSA) is 26.0 Å². The van der Waals surface area contributed by atoms with Gasteiger partial charge in [0.25, 0.3) is 0 Å². The van der Waals surface area contributed by atoms with Gasteiger partial charge in [-0.1, -0.05) is 24.3 Å². The van der Waals surface area contributed by atoms with Crippen molar-refractivity contribution >= 4 is 27.3 Å². The van der Waals surface area contributed by atoms with Crippen molar-refractivity contribution in [3.05, 3.63) is 56.2 Å². The molecule has 1 atom stereocenters. The van der Waals surface area contributed by atoms with Gasteiger partial charge < -0.3 is 5.73 Å². The van der Waals surface area contributed by atoms with E-state index < -0.39 is 0 Å². The highest BCUT2D eigenvalue weighted by atomic mass is 79.9. The van der Waals surface area contributed by atoms with E-state index >= 15 is 0 Å². The third-order valence-corrected chi connectivity index (χ3v) is 4.64. The van der Waals surface area contributed by atoms with Gasteiger partial charge in [0.05, 0.1) is 3.79 Å². The first kappa shape index (κ1) is 12.8. The summed E-state index contributed by atoms with van der Waals surface area (Å²) in [6, 6.07) is 12.8. The summed E-state index contributed by atoms with van der Waals surface area (Å²) < 4.78 is 1.19. The molecule has 2 rings (SSSR count). The smallest absolute Gasteiger partial charge is 0.0701 e. The van der Waals surface area contributed by atoms with Crippen LogP contribution in [0.1, 0.15) is 21.9 Å². The molecular formula is C14H16BrNS. The zero-order chi connectivity index (χ0) is 12.3. The summed E-state index contributed by atoms with van der Waals surface area (Å²) in [5, 5.41) is 0. The molecule has 1 aromatic heterocycles. The predicted octanol–water partition coefficient (Wildman–Crippen LogP) is 4.10. The van der Waals surface area contributed by atoms with E-state index in [9.17, 15) is 0 Å². The number of hydrogen-bond acceptors (Lipinski definition) is 2. The lowest BCUT2D eigenvalue weighted by atomic mass is 9.92. The molecule has 0 aliphatic carbocycles. The molecular weight excluding hydrogens is 294 g/mol. The molecule has 1 nitrogen and oxygen atoms in total. The minimum absolute atomic E-state index is 0.418. The highest BCUT2D eigenvalue weighted by molar-refractivity contribution is 9.11. The zero-order valence-corrected chi connectivity index (χ0v) is 12.2. The molecule has 0 fully saturated rings. The summed E-state index contributed by atoms with van der Waals surface area (Å²) in [6.07, 6.45) is 1.03. The molecule has 0 saturated heterocycles. The second kappa shape index (κ2) is 5.80. The molecule has 1 heterocycles. The fourth-order valence-corrected chi connectivity index (χ4v) is 3.63. The Morgan fingerprint density at radius 1 is 1.24 bits per heavy atom. The predicted molar refractivity (Wildman–Crippen MR) is 78.7 cm³/mol. The lowest BCUT2D eigenvalue weighted by molar-refractivity contribution is 0.696. The van der Waals surface area contributed by atoms with Gasteiger partial charge in [-0.15, -0.1) is 11.3 Å². The Balaban J connectivity index is 2.20. The van der Waals surface area contributed by atoms with E-state index in [-0.39, 0.29) is 0 Å². The van der Waals surface area contributed by atoms with Gasteiger partial charge in [0, 0.05) is 10.8 Å². The second-order valence-corrected chi connectivity index (χ2v) is 6.75. The second-order valence-electron chi connectivity index (χ2n) is 4.20. The van der Waals surface area contributed by atoms with E-state index in [2.05, 4.69) is 59.3 Å². The van der Waals surface area contributed by atoms with Gasteiger partial charge in [-0.25, -0.2) is 0 Å². The van der Waals surface area contributed by atoms with Crippen LogP contribution in [-0.2, 0) is 6.42 Å². The van der Waals surface area contributed by atoms with Crippen molar-refractivity contribution < 1.29 is 0 Å². The van der Waals surface area contributed by atoms with Gasteiger partial charge >= 0.3 is 0 Å².